The zero-order valence-electron chi connectivity index (χ0n) is 14.7. The van der Waals surface area contributed by atoms with E-state index in [1.54, 1.807) is 28.9 Å². The van der Waals surface area contributed by atoms with Gasteiger partial charge in [0.1, 0.15) is 6.26 Å². The molecule has 1 atom stereocenters. The van der Waals surface area contributed by atoms with Crippen molar-refractivity contribution in [2.45, 2.75) is 37.2 Å². The fraction of sp³-hybridized carbons (Fsp3) is 0.316. The van der Waals surface area contributed by atoms with Crippen molar-refractivity contribution in [1.29, 1.82) is 0 Å². The van der Waals surface area contributed by atoms with Crippen LogP contribution in [0.3, 0.4) is 0 Å². The average Bonchev–Trinajstić information content (AvgIpc) is 3.45. The fourth-order valence-corrected chi connectivity index (χ4v) is 5.63. The summed E-state index contributed by atoms with van der Waals surface area (Å²) in [7, 11) is 0. The third-order valence-corrected chi connectivity index (χ3v) is 7.51. The maximum Gasteiger partial charge on any atom is 0.277 e. The molecular formula is C19H17N3O2S3. The van der Waals surface area contributed by atoms with Gasteiger partial charge in [0.05, 0.1) is 15.4 Å². The van der Waals surface area contributed by atoms with E-state index in [4.69, 9.17) is 8.83 Å². The average molecular weight is 416 g/mol. The molecule has 138 valence electrons. The largest absolute Gasteiger partial charge is 0.444 e. The second-order valence-corrected chi connectivity index (χ2v) is 9.70. The van der Waals surface area contributed by atoms with Crippen LogP contribution in [0.5, 0.6) is 0 Å². The molecule has 0 spiro atoms. The van der Waals surface area contributed by atoms with Gasteiger partial charge in [-0.25, -0.2) is 4.98 Å². The Kier molecular flexibility index (Phi) is 4.63. The molecule has 0 radical (unpaired) electrons. The third-order valence-electron chi connectivity index (χ3n) is 4.57. The minimum absolute atomic E-state index is 0.561. The van der Waals surface area contributed by atoms with Crippen LogP contribution in [0.25, 0.3) is 21.5 Å². The van der Waals surface area contributed by atoms with Gasteiger partial charge in [-0.1, -0.05) is 24.8 Å². The van der Waals surface area contributed by atoms with E-state index in [1.165, 1.54) is 28.6 Å². The fourth-order valence-electron chi connectivity index (χ4n) is 3.20. The van der Waals surface area contributed by atoms with Gasteiger partial charge in [0.2, 0.25) is 5.89 Å². The van der Waals surface area contributed by atoms with E-state index in [-0.39, 0.29) is 0 Å². The highest BCUT2D eigenvalue weighted by atomic mass is 32.2. The lowest BCUT2D eigenvalue weighted by molar-refractivity contribution is 0.466. The SMILES string of the molecule is C[C@H]1CCc2sc(-c3nnc(SCc4coc(-c5cccs5)n4)o3)cc2C1. The number of rotatable bonds is 5. The van der Waals surface area contributed by atoms with E-state index >= 15 is 0 Å². The number of aromatic nitrogens is 3. The summed E-state index contributed by atoms with van der Waals surface area (Å²) in [5.74, 6) is 2.67. The summed E-state index contributed by atoms with van der Waals surface area (Å²) < 4.78 is 11.4. The molecule has 0 amide bonds. The Bertz CT molecular complexity index is 1050. The molecule has 0 aliphatic heterocycles. The number of fused-ring (bicyclic) bond motifs is 1. The normalized spacial score (nSPS) is 16.6. The highest BCUT2D eigenvalue weighted by Crippen LogP contribution is 2.37. The molecule has 0 unspecified atom stereocenters. The molecule has 4 heterocycles. The summed E-state index contributed by atoms with van der Waals surface area (Å²) in [5.41, 5.74) is 2.31. The Balaban J connectivity index is 1.26. The van der Waals surface area contributed by atoms with Crippen molar-refractivity contribution >= 4 is 34.4 Å². The zero-order chi connectivity index (χ0) is 18.2. The van der Waals surface area contributed by atoms with E-state index < -0.39 is 0 Å². The molecule has 4 aromatic rings. The van der Waals surface area contributed by atoms with Crippen molar-refractivity contribution in [2.24, 2.45) is 5.92 Å². The molecule has 0 N–H and O–H groups in total. The predicted molar refractivity (Wildman–Crippen MR) is 108 cm³/mol. The quantitative estimate of drug-likeness (QED) is 0.376. The minimum Gasteiger partial charge on any atom is -0.444 e. The van der Waals surface area contributed by atoms with Crippen LogP contribution in [0.4, 0.5) is 0 Å². The van der Waals surface area contributed by atoms with Crippen molar-refractivity contribution < 1.29 is 8.83 Å². The standard InChI is InChI=1S/C19H17N3O2S3/c1-11-4-5-14-12(7-11)8-16(27-14)18-21-22-19(24-18)26-10-13-9-23-17(20-13)15-3-2-6-25-15/h2-3,6,8-9,11H,4-5,7,10H2,1H3/t11-/m0/s1. The van der Waals surface area contributed by atoms with Crippen LogP contribution in [-0.4, -0.2) is 15.2 Å². The second kappa shape index (κ2) is 7.26. The third kappa shape index (κ3) is 3.61. The number of hydrogen-bond donors (Lipinski definition) is 0. The smallest absolute Gasteiger partial charge is 0.277 e. The van der Waals surface area contributed by atoms with E-state index in [0.29, 0.717) is 22.8 Å². The van der Waals surface area contributed by atoms with Crippen molar-refractivity contribution in [2.75, 3.05) is 0 Å². The molecule has 4 aromatic heterocycles. The molecule has 1 aliphatic rings. The monoisotopic (exact) mass is 415 g/mol. The Morgan fingerprint density at radius 2 is 2.22 bits per heavy atom. The molecule has 0 saturated heterocycles. The summed E-state index contributed by atoms with van der Waals surface area (Å²) in [5, 5.41) is 11.0. The molecule has 8 heteroatoms. The number of thiophene rings is 2. The van der Waals surface area contributed by atoms with Gasteiger partial charge in [0, 0.05) is 10.6 Å². The minimum atomic E-state index is 0.561. The van der Waals surface area contributed by atoms with Crippen LogP contribution in [-0.2, 0) is 18.6 Å². The van der Waals surface area contributed by atoms with E-state index in [1.807, 2.05) is 17.5 Å². The van der Waals surface area contributed by atoms with Gasteiger partial charge in [0.25, 0.3) is 11.1 Å². The first-order valence-corrected chi connectivity index (χ1v) is 11.5. The second-order valence-electron chi connectivity index (χ2n) is 6.69. The Labute approximate surface area is 168 Å². The van der Waals surface area contributed by atoms with E-state index in [2.05, 4.69) is 28.2 Å². The summed E-state index contributed by atoms with van der Waals surface area (Å²) in [6, 6.07) is 6.21. The van der Waals surface area contributed by atoms with Gasteiger partial charge < -0.3 is 8.83 Å². The lowest BCUT2D eigenvalue weighted by Gasteiger charge is -2.16. The van der Waals surface area contributed by atoms with Crippen molar-refractivity contribution in [3.05, 3.63) is 46.0 Å². The van der Waals surface area contributed by atoms with Crippen molar-refractivity contribution in [1.82, 2.24) is 15.2 Å². The van der Waals surface area contributed by atoms with E-state index in [0.717, 1.165) is 34.2 Å². The molecule has 0 bridgehead atoms. The van der Waals surface area contributed by atoms with Crippen LogP contribution in [0, 0.1) is 5.92 Å². The first kappa shape index (κ1) is 17.2. The van der Waals surface area contributed by atoms with E-state index in [9.17, 15) is 0 Å². The molecule has 5 rings (SSSR count). The number of thioether (sulfide) groups is 1. The number of oxazole rings is 1. The summed E-state index contributed by atoms with van der Waals surface area (Å²) in [6.07, 6.45) is 5.27. The maximum absolute atomic E-state index is 5.87. The molecular weight excluding hydrogens is 398 g/mol. The van der Waals surface area contributed by atoms with Crippen molar-refractivity contribution in [3.8, 4) is 21.5 Å². The maximum atomic E-state index is 5.87. The molecule has 0 saturated carbocycles. The summed E-state index contributed by atoms with van der Waals surface area (Å²) >= 11 is 4.88. The molecule has 1 aliphatic carbocycles. The highest BCUT2D eigenvalue weighted by molar-refractivity contribution is 7.98. The van der Waals surface area contributed by atoms with Gasteiger partial charge >= 0.3 is 0 Å². The molecule has 27 heavy (non-hydrogen) atoms. The number of aryl methyl sites for hydroxylation is 1. The molecule has 0 fully saturated rings. The number of nitrogens with zero attached hydrogens (tertiary/aromatic N) is 3. The molecule has 0 aromatic carbocycles. The van der Waals surface area contributed by atoms with Gasteiger partial charge in [-0.05, 0) is 48.3 Å². The number of hydrogen-bond acceptors (Lipinski definition) is 8. The van der Waals surface area contributed by atoms with Crippen LogP contribution in [0.2, 0.25) is 0 Å². The van der Waals surface area contributed by atoms with Gasteiger partial charge in [0.15, 0.2) is 0 Å². The predicted octanol–water partition coefficient (Wildman–Crippen LogP) is 5.93. The van der Waals surface area contributed by atoms with Crippen molar-refractivity contribution in [3.63, 3.8) is 0 Å². The zero-order valence-corrected chi connectivity index (χ0v) is 17.1. The molecule has 5 nitrogen and oxygen atoms in total. The summed E-state index contributed by atoms with van der Waals surface area (Å²) in [6.45, 7) is 2.31. The Morgan fingerprint density at radius 1 is 1.26 bits per heavy atom. The lowest BCUT2D eigenvalue weighted by atomic mass is 9.90. The Morgan fingerprint density at radius 3 is 3.11 bits per heavy atom. The van der Waals surface area contributed by atoms with Crippen LogP contribution in [0.15, 0.2) is 43.9 Å². The lowest BCUT2D eigenvalue weighted by Crippen LogP contribution is -2.07. The van der Waals surface area contributed by atoms with Gasteiger partial charge in [-0.3, -0.25) is 0 Å². The van der Waals surface area contributed by atoms with Crippen LogP contribution in [0.1, 0.15) is 29.5 Å². The first-order chi connectivity index (χ1) is 13.2. The van der Waals surface area contributed by atoms with Gasteiger partial charge in [-0.2, -0.15) is 0 Å². The topological polar surface area (TPSA) is 65.0 Å². The first-order valence-electron chi connectivity index (χ1n) is 8.81. The Hall–Kier alpha value is -1.90. The summed E-state index contributed by atoms with van der Waals surface area (Å²) in [4.78, 5) is 8.10. The highest BCUT2D eigenvalue weighted by Gasteiger charge is 2.21. The van der Waals surface area contributed by atoms with Crippen LogP contribution < -0.4 is 0 Å². The van der Waals surface area contributed by atoms with Crippen LogP contribution >= 0.6 is 34.4 Å². The van der Waals surface area contributed by atoms with Gasteiger partial charge in [-0.15, -0.1) is 32.9 Å².